The number of piperidine rings is 1. The van der Waals surface area contributed by atoms with Gasteiger partial charge in [0.2, 0.25) is 0 Å². The van der Waals surface area contributed by atoms with E-state index < -0.39 is 12.2 Å². The Morgan fingerprint density at radius 1 is 1.19 bits per heavy atom. The monoisotopic (exact) mass is 230 g/mol. The first-order valence-electron chi connectivity index (χ1n) is 5.18. The summed E-state index contributed by atoms with van der Waals surface area (Å²) in [6, 6.07) is -0.207. The maximum Gasteiger partial charge on any atom is 0.407 e. The number of fused-ring (bicyclic) bond motifs is 1. The number of ether oxygens (including phenoxy) is 1. The van der Waals surface area contributed by atoms with Crippen molar-refractivity contribution < 1.29 is 24.5 Å². The summed E-state index contributed by atoms with van der Waals surface area (Å²) in [5.41, 5.74) is 0. The molecular weight excluding hydrogens is 216 g/mol. The summed E-state index contributed by atoms with van der Waals surface area (Å²) in [5, 5.41) is 17.8. The predicted molar refractivity (Wildman–Crippen MR) is 52.5 cm³/mol. The molecule has 2 aliphatic rings. The van der Waals surface area contributed by atoms with Crippen LogP contribution in [0.1, 0.15) is 6.42 Å². The Morgan fingerprint density at radius 3 is 2.56 bits per heavy atom. The van der Waals surface area contributed by atoms with Gasteiger partial charge in [0.25, 0.3) is 0 Å². The largest absolute Gasteiger partial charge is 0.465 e. The Morgan fingerprint density at radius 2 is 1.94 bits per heavy atom. The molecular formula is C9H14N2O5. The molecule has 0 radical (unpaired) electrons. The Balaban J connectivity index is 2.05. The van der Waals surface area contributed by atoms with Crippen molar-refractivity contribution in [1.82, 2.24) is 9.80 Å². The molecule has 2 heterocycles. The minimum absolute atomic E-state index is 0.207. The van der Waals surface area contributed by atoms with Crippen LogP contribution in [0.2, 0.25) is 0 Å². The van der Waals surface area contributed by atoms with Crippen molar-refractivity contribution in [1.29, 1.82) is 0 Å². The molecule has 0 aliphatic carbocycles. The number of carbonyl (C=O) groups is 2. The molecule has 0 saturated carbocycles. The van der Waals surface area contributed by atoms with Crippen LogP contribution in [0, 0.1) is 0 Å². The fourth-order valence-corrected chi connectivity index (χ4v) is 2.30. The van der Waals surface area contributed by atoms with Crippen LogP contribution in [0.3, 0.4) is 0 Å². The number of nitrogens with zero attached hydrogens (tertiary/aromatic N) is 2. The highest BCUT2D eigenvalue weighted by molar-refractivity contribution is 5.67. The molecule has 0 bridgehead atoms. The molecule has 2 rings (SSSR count). The van der Waals surface area contributed by atoms with E-state index in [1.807, 2.05) is 0 Å². The fraction of sp³-hybridized carbons (Fsp3) is 0.778. The van der Waals surface area contributed by atoms with Crippen molar-refractivity contribution >= 4 is 12.2 Å². The number of hydrogen-bond acceptors (Lipinski definition) is 3. The second kappa shape index (κ2) is 4.17. The highest BCUT2D eigenvalue weighted by Crippen LogP contribution is 2.23. The predicted octanol–water partition coefficient (Wildman–Crippen LogP) is 0.117. The zero-order valence-corrected chi connectivity index (χ0v) is 8.70. The maximum atomic E-state index is 11.0. The molecule has 0 aromatic heterocycles. The Kier molecular flexibility index (Phi) is 2.86. The molecule has 0 aromatic rings. The van der Waals surface area contributed by atoms with E-state index in [0.717, 1.165) is 0 Å². The van der Waals surface area contributed by atoms with Gasteiger partial charge in [-0.3, -0.25) is 0 Å². The molecule has 7 nitrogen and oxygen atoms in total. The summed E-state index contributed by atoms with van der Waals surface area (Å²) in [4.78, 5) is 24.4. The maximum absolute atomic E-state index is 11.0. The molecule has 0 spiro atoms. The lowest BCUT2D eigenvalue weighted by Gasteiger charge is -2.44. The van der Waals surface area contributed by atoms with E-state index in [1.165, 1.54) is 9.80 Å². The summed E-state index contributed by atoms with van der Waals surface area (Å²) in [7, 11) is 0. The van der Waals surface area contributed by atoms with Crippen LogP contribution < -0.4 is 0 Å². The first-order chi connectivity index (χ1) is 7.59. The van der Waals surface area contributed by atoms with Crippen molar-refractivity contribution in [3.05, 3.63) is 0 Å². The van der Waals surface area contributed by atoms with Gasteiger partial charge >= 0.3 is 12.2 Å². The highest BCUT2D eigenvalue weighted by atomic mass is 16.5. The topological polar surface area (TPSA) is 90.3 Å². The highest BCUT2D eigenvalue weighted by Gasteiger charge is 2.40. The van der Waals surface area contributed by atoms with Gasteiger partial charge < -0.3 is 24.7 Å². The number of rotatable bonds is 0. The van der Waals surface area contributed by atoms with Crippen LogP contribution in [-0.4, -0.2) is 70.6 Å². The zero-order valence-electron chi connectivity index (χ0n) is 8.70. The van der Waals surface area contributed by atoms with Crippen LogP contribution in [0.25, 0.3) is 0 Å². The molecule has 7 heteroatoms. The number of hydrogen-bond donors (Lipinski definition) is 2. The average molecular weight is 230 g/mol. The van der Waals surface area contributed by atoms with E-state index in [1.54, 1.807) is 0 Å². The molecule has 2 aliphatic heterocycles. The molecule has 2 fully saturated rings. The van der Waals surface area contributed by atoms with Gasteiger partial charge in [-0.2, -0.15) is 0 Å². The van der Waals surface area contributed by atoms with Gasteiger partial charge in [-0.1, -0.05) is 0 Å². The van der Waals surface area contributed by atoms with Gasteiger partial charge in [0.15, 0.2) is 0 Å². The second-order valence-corrected chi connectivity index (χ2v) is 3.97. The van der Waals surface area contributed by atoms with Crippen molar-refractivity contribution in [2.75, 3.05) is 26.2 Å². The van der Waals surface area contributed by atoms with Crippen molar-refractivity contribution in [2.24, 2.45) is 0 Å². The lowest BCUT2D eigenvalue weighted by molar-refractivity contribution is -0.0899. The molecule has 0 unspecified atom stereocenters. The number of likely N-dealkylation sites (tertiary alicyclic amines) is 1. The smallest absolute Gasteiger partial charge is 0.407 e. The molecule has 16 heavy (non-hydrogen) atoms. The molecule has 90 valence electrons. The van der Waals surface area contributed by atoms with E-state index in [2.05, 4.69) is 0 Å². The standard InChI is InChI=1S/C9H14N2O5/c12-8(13)10-2-1-6-7(5-10)16-4-3-11(6)9(14)15/h6-7H,1-5H2,(H,12,13)(H,14,15)/t6-,7-/m1/s1. The third kappa shape index (κ3) is 1.90. The molecule has 2 saturated heterocycles. The summed E-state index contributed by atoms with van der Waals surface area (Å²) >= 11 is 0. The van der Waals surface area contributed by atoms with Crippen LogP contribution in [-0.2, 0) is 4.74 Å². The summed E-state index contributed by atoms with van der Waals surface area (Å²) in [6.45, 7) is 1.32. The van der Waals surface area contributed by atoms with Crippen LogP contribution in [0.5, 0.6) is 0 Å². The number of amides is 2. The second-order valence-electron chi connectivity index (χ2n) is 3.97. The zero-order chi connectivity index (χ0) is 11.7. The Labute approximate surface area is 92.2 Å². The van der Waals surface area contributed by atoms with Gasteiger partial charge in [-0.05, 0) is 6.42 Å². The molecule has 0 aromatic carbocycles. The van der Waals surface area contributed by atoms with E-state index >= 15 is 0 Å². The minimum Gasteiger partial charge on any atom is -0.465 e. The van der Waals surface area contributed by atoms with Gasteiger partial charge in [0.05, 0.1) is 25.3 Å². The summed E-state index contributed by atoms with van der Waals surface area (Å²) in [6.07, 6.45) is -1.75. The average Bonchev–Trinajstić information content (AvgIpc) is 2.27. The lowest BCUT2D eigenvalue weighted by Crippen LogP contribution is -2.61. The summed E-state index contributed by atoms with van der Waals surface area (Å²) in [5.74, 6) is 0. The van der Waals surface area contributed by atoms with Crippen LogP contribution in [0.15, 0.2) is 0 Å². The number of carboxylic acid groups (broad SMARTS) is 2. The fourth-order valence-electron chi connectivity index (χ4n) is 2.30. The Hall–Kier alpha value is -1.50. The SMILES string of the molecule is O=C(O)N1CC[C@@H]2[C@@H](C1)OCCN2C(=O)O. The number of morpholine rings is 1. The first kappa shape index (κ1) is 11.0. The van der Waals surface area contributed by atoms with E-state index in [4.69, 9.17) is 14.9 Å². The van der Waals surface area contributed by atoms with Crippen LogP contribution in [0.4, 0.5) is 9.59 Å². The quantitative estimate of drug-likeness (QED) is 0.616. The molecule has 2 atom stereocenters. The van der Waals surface area contributed by atoms with Crippen molar-refractivity contribution in [2.45, 2.75) is 18.6 Å². The molecule has 2 N–H and O–H groups in total. The van der Waals surface area contributed by atoms with Gasteiger partial charge in [0.1, 0.15) is 0 Å². The van der Waals surface area contributed by atoms with Crippen LogP contribution >= 0.6 is 0 Å². The normalized spacial score (nSPS) is 29.8. The van der Waals surface area contributed by atoms with E-state index in [9.17, 15) is 9.59 Å². The van der Waals surface area contributed by atoms with E-state index in [-0.39, 0.29) is 18.7 Å². The van der Waals surface area contributed by atoms with Gasteiger partial charge in [0, 0.05) is 13.1 Å². The minimum atomic E-state index is -0.977. The Bertz CT molecular complexity index is 308. The lowest BCUT2D eigenvalue weighted by atomic mass is 9.99. The third-order valence-electron chi connectivity index (χ3n) is 3.10. The van der Waals surface area contributed by atoms with Gasteiger partial charge in [-0.25, -0.2) is 9.59 Å². The third-order valence-corrected chi connectivity index (χ3v) is 3.10. The molecule has 2 amide bonds. The summed E-state index contributed by atoms with van der Waals surface area (Å²) < 4.78 is 5.43. The van der Waals surface area contributed by atoms with Crippen molar-refractivity contribution in [3.8, 4) is 0 Å². The first-order valence-corrected chi connectivity index (χ1v) is 5.18. The van der Waals surface area contributed by atoms with E-state index in [0.29, 0.717) is 26.1 Å². The van der Waals surface area contributed by atoms with Crippen molar-refractivity contribution in [3.63, 3.8) is 0 Å². The van der Waals surface area contributed by atoms with Gasteiger partial charge in [-0.15, -0.1) is 0 Å².